The van der Waals surface area contributed by atoms with Crippen LogP contribution in [0.25, 0.3) is 0 Å². The second-order valence-corrected chi connectivity index (χ2v) is 6.38. The van der Waals surface area contributed by atoms with Gasteiger partial charge in [-0.25, -0.2) is 9.98 Å². The minimum Gasteiger partial charge on any atom is -0.466 e. The van der Waals surface area contributed by atoms with Crippen molar-refractivity contribution in [2.75, 3.05) is 13.1 Å². The van der Waals surface area contributed by atoms with E-state index < -0.39 is 11.9 Å². The maximum atomic E-state index is 12.5. The van der Waals surface area contributed by atoms with Crippen LogP contribution in [0, 0.1) is 13.8 Å². The van der Waals surface area contributed by atoms with Gasteiger partial charge in [-0.05, 0) is 26.8 Å². The average Bonchev–Trinajstić information content (AvgIpc) is 3.11. The molecule has 0 aliphatic heterocycles. The lowest BCUT2D eigenvalue weighted by Gasteiger charge is -2.10. The Hall–Kier alpha value is -2.03. The molecule has 0 spiro atoms. The Morgan fingerprint density at radius 3 is 2.64 bits per heavy atom. The molecule has 0 radical (unpaired) electrons. The Labute approximate surface area is 148 Å². The van der Waals surface area contributed by atoms with Crippen molar-refractivity contribution < 1.29 is 17.6 Å². The van der Waals surface area contributed by atoms with Crippen LogP contribution >= 0.6 is 11.3 Å². The Bertz CT molecular complexity index is 721. The Morgan fingerprint density at radius 1 is 1.32 bits per heavy atom. The zero-order valence-corrected chi connectivity index (χ0v) is 15.1. The van der Waals surface area contributed by atoms with Gasteiger partial charge in [0.05, 0.1) is 11.6 Å². The minimum absolute atomic E-state index is 0.398. The molecule has 138 valence electrons. The summed E-state index contributed by atoms with van der Waals surface area (Å²) in [5.41, 5.74) is 0.170. The van der Waals surface area contributed by atoms with E-state index in [0.29, 0.717) is 37.0 Å². The highest BCUT2D eigenvalue weighted by Crippen LogP contribution is 2.29. The normalized spacial score (nSPS) is 12.5. The highest BCUT2D eigenvalue weighted by atomic mass is 32.1. The molecule has 5 nitrogen and oxygen atoms in total. The number of nitrogens with one attached hydrogen (secondary N) is 2. The molecule has 0 amide bonds. The molecule has 2 N–H and O–H groups in total. The lowest BCUT2D eigenvalue weighted by Crippen LogP contribution is -2.38. The second-order valence-electron chi connectivity index (χ2n) is 5.43. The van der Waals surface area contributed by atoms with Crippen LogP contribution in [0.15, 0.2) is 20.9 Å². The third-order valence-corrected chi connectivity index (χ3v) is 4.28. The molecule has 0 atom stereocenters. The summed E-state index contributed by atoms with van der Waals surface area (Å²) in [6.45, 7) is 7.31. The summed E-state index contributed by atoms with van der Waals surface area (Å²) in [5, 5.41) is 7.70. The number of furan rings is 1. The van der Waals surface area contributed by atoms with E-state index in [9.17, 15) is 13.2 Å². The quantitative estimate of drug-likeness (QED) is 0.598. The third kappa shape index (κ3) is 5.77. The predicted octanol–water partition coefficient (Wildman–Crippen LogP) is 3.67. The van der Waals surface area contributed by atoms with Crippen LogP contribution in [0.2, 0.25) is 0 Å². The fourth-order valence-corrected chi connectivity index (χ4v) is 3.00. The summed E-state index contributed by atoms with van der Waals surface area (Å²) in [7, 11) is 0. The molecule has 25 heavy (non-hydrogen) atoms. The van der Waals surface area contributed by atoms with Crippen LogP contribution in [0.4, 0.5) is 13.2 Å². The summed E-state index contributed by atoms with van der Waals surface area (Å²) in [4.78, 5) is 8.08. The molecule has 2 aromatic rings. The number of hydrogen-bond acceptors (Lipinski definition) is 4. The van der Waals surface area contributed by atoms with Crippen molar-refractivity contribution in [3.8, 4) is 0 Å². The first-order chi connectivity index (χ1) is 11.8. The molecule has 0 saturated heterocycles. The number of alkyl halides is 3. The summed E-state index contributed by atoms with van der Waals surface area (Å²) in [5.74, 6) is 2.28. The SMILES string of the molecule is CCNC(=NCc1cc(C)oc1C)NCCc1nc(C(F)(F)F)cs1. The van der Waals surface area contributed by atoms with Crippen LogP contribution in [0.1, 0.15) is 34.7 Å². The lowest BCUT2D eigenvalue weighted by molar-refractivity contribution is -0.140. The maximum Gasteiger partial charge on any atom is 0.434 e. The van der Waals surface area contributed by atoms with Gasteiger partial charge in [0.15, 0.2) is 11.7 Å². The lowest BCUT2D eigenvalue weighted by atomic mass is 10.2. The van der Waals surface area contributed by atoms with Gasteiger partial charge in [-0.2, -0.15) is 13.2 Å². The Kier molecular flexibility index (Phi) is 6.46. The first-order valence-electron chi connectivity index (χ1n) is 7.89. The maximum absolute atomic E-state index is 12.5. The fourth-order valence-electron chi connectivity index (χ4n) is 2.19. The van der Waals surface area contributed by atoms with Crippen LogP contribution in [0.5, 0.6) is 0 Å². The van der Waals surface area contributed by atoms with E-state index in [0.717, 1.165) is 33.8 Å². The smallest absolute Gasteiger partial charge is 0.434 e. The van der Waals surface area contributed by atoms with E-state index in [4.69, 9.17) is 4.42 Å². The highest BCUT2D eigenvalue weighted by Gasteiger charge is 2.33. The van der Waals surface area contributed by atoms with Crippen molar-refractivity contribution in [3.63, 3.8) is 0 Å². The zero-order valence-electron chi connectivity index (χ0n) is 14.3. The Morgan fingerprint density at radius 2 is 2.08 bits per heavy atom. The number of rotatable bonds is 6. The van der Waals surface area contributed by atoms with Gasteiger partial charge in [0.25, 0.3) is 0 Å². The number of nitrogens with zero attached hydrogens (tertiary/aromatic N) is 2. The predicted molar refractivity (Wildman–Crippen MR) is 91.8 cm³/mol. The molecule has 0 aliphatic rings. The number of aromatic nitrogens is 1. The van der Waals surface area contributed by atoms with Crippen LogP contribution in [-0.2, 0) is 19.1 Å². The average molecular weight is 374 g/mol. The van der Waals surface area contributed by atoms with Crippen LogP contribution in [-0.4, -0.2) is 24.0 Å². The molecule has 0 fully saturated rings. The zero-order chi connectivity index (χ0) is 18.4. The summed E-state index contributed by atoms with van der Waals surface area (Å²) >= 11 is 1.01. The number of guanidine groups is 1. The number of hydrogen-bond donors (Lipinski definition) is 2. The monoisotopic (exact) mass is 374 g/mol. The molecule has 2 aromatic heterocycles. The number of thiazole rings is 1. The van der Waals surface area contributed by atoms with Crippen molar-refractivity contribution in [3.05, 3.63) is 39.2 Å². The van der Waals surface area contributed by atoms with Gasteiger partial charge in [-0.1, -0.05) is 0 Å². The molecule has 0 saturated carbocycles. The number of aliphatic imine (C=N–C) groups is 1. The molecule has 0 unspecified atom stereocenters. The van der Waals surface area contributed by atoms with E-state index in [-0.39, 0.29) is 0 Å². The van der Waals surface area contributed by atoms with Crippen molar-refractivity contribution in [2.24, 2.45) is 4.99 Å². The molecule has 9 heteroatoms. The summed E-state index contributed by atoms with van der Waals surface area (Å²) in [6, 6.07) is 1.94. The van der Waals surface area contributed by atoms with Gasteiger partial charge in [0, 0.05) is 30.5 Å². The molecular formula is C16H21F3N4OS. The second kappa shape index (κ2) is 8.37. The molecule has 0 aliphatic carbocycles. The standard InChI is InChI=1S/C16H21F3N4OS/c1-4-20-15(22-8-12-7-10(2)24-11(12)3)21-6-5-14-23-13(9-25-14)16(17,18)19/h7,9H,4-6,8H2,1-3H3,(H2,20,21,22). The van der Waals surface area contributed by atoms with Gasteiger partial charge in [0.1, 0.15) is 11.5 Å². The fraction of sp³-hybridized carbons (Fsp3) is 0.500. The molecule has 2 heterocycles. The molecule has 0 bridgehead atoms. The van der Waals surface area contributed by atoms with Gasteiger partial charge in [-0.3, -0.25) is 0 Å². The highest BCUT2D eigenvalue weighted by molar-refractivity contribution is 7.09. The van der Waals surface area contributed by atoms with E-state index in [1.807, 2.05) is 26.8 Å². The van der Waals surface area contributed by atoms with Crippen molar-refractivity contribution >= 4 is 17.3 Å². The Balaban J connectivity index is 1.89. The third-order valence-electron chi connectivity index (χ3n) is 3.37. The molecule has 0 aromatic carbocycles. The summed E-state index contributed by atoms with van der Waals surface area (Å²) in [6.07, 6.45) is -3.99. The van der Waals surface area contributed by atoms with Gasteiger partial charge in [0.2, 0.25) is 0 Å². The van der Waals surface area contributed by atoms with Crippen molar-refractivity contribution in [1.82, 2.24) is 15.6 Å². The van der Waals surface area contributed by atoms with Crippen molar-refractivity contribution in [2.45, 2.75) is 39.9 Å². The van der Waals surface area contributed by atoms with E-state index in [2.05, 4.69) is 20.6 Å². The van der Waals surface area contributed by atoms with E-state index in [1.54, 1.807) is 0 Å². The van der Waals surface area contributed by atoms with Crippen molar-refractivity contribution in [1.29, 1.82) is 0 Å². The first kappa shape index (κ1) is 19.3. The minimum atomic E-state index is -4.39. The van der Waals surface area contributed by atoms with Gasteiger partial charge < -0.3 is 15.1 Å². The summed E-state index contributed by atoms with van der Waals surface area (Å²) < 4.78 is 43.1. The number of halogens is 3. The van der Waals surface area contributed by atoms with Crippen LogP contribution < -0.4 is 10.6 Å². The van der Waals surface area contributed by atoms with Gasteiger partial charge >= 0.3 is 6.18 Å². The molecule has 2 rings (SSSR count). The van der Waals surface area contributed by atoms with Gasteiger partial charge in [-0.15, -0.1) is 11.3 Å². The largest absolute Gasteiger partial charge is 0.466 e. The molecular weight excluding hydrogens is 353 g/mol. The van der Waals surface area contributed by atoms with Crippen LogP contribution in [0.3, 0.4) is 0 Å². The van der Waals surface area contributed by atoms with E-state index in [1.165, 1.54) is 0 Å². The number of aryl methyl sites for hydroxylation is 2. The first-order valence-corrected chi connectivity index (χ1v) is 8.77. The topological polar surface area (TPSA) is 62.5 Å². The van der Waals surface area contributed by atoms with E-state index >= 15 is 0 Å².